The number of carbonyl (C=O) groups is 2. The van der Waals surface area contributed by atoms with Crippen molar-refractivity contribution >= 4 is 17.5 Å². The molecule has 0 aliphatic carbocycles. The second kappa shape index (κ2) is 9.26. The molecule has 148 valence electrons. The van der Waals surface area contributed by atoms with Crippen LogP contribution in [0, 0.1) is 0 Å². The van der Waals surface area contributed by atoms with Crippen molar-refractivity contribution in [2.45, 2.75) is 32.7 Å². The van der Waals surface area contributed by atoms with E-state index < -0.39 is 0 Å². The molecule has 1 atom stereocenters. The Morgan fingerprint density at radius 3 is 2.61 bits per heavy atom. The predicted octanol–water partition coefficient (Wildman–Crippen LogP) is 3.47. The van der Waals surface area contributed by atoms with Crippen molar-refractivity contribution in [1.82, 2.24) is 5.32 Å². The molecular weight excluding hydrogens is 356 g/mol. The van der Waals surface area contributed by atoms with Gasteiger partial charge in [0.1, 0.15) is 11.5 Å². The zero-order chi connectivity index (χ0) is 19.9. The Kier molecular flexibility index (Phi) is 6.53. The normalized spacial score (nSPS) is 14.6. The molecule has 1 aliphatic rings. The Morgan fingerprint density at radius 1 is 1.14 bits per heavy atom. The first-order chi connectivity index (χ1) is 13.6. The van der Waals surface area contributed by atoms with Crippen LogP contribution in [0.25, 0.3) is 0 Å². The maximum absolute atomic E-state index is 12.2. The average Bonchev–Trinajstić information content (AvgIpc) is 3.13. The summed E-state index contributed by atoms with van der Waals surface area (Å²) in [6, 6.07) is 14.8. The number of ether oxygens (including phenoxy) is 2. The Morgan fingerprint density at radius 2 is 1.93 bits per heavy atom. The van der Waals surface area contributed by atoms with Crippen molar-refractivity contribution in [3.8, 4) is 11.5 Å². The third kappa shape index (κ3) is 5.03. The van der Waals surface area contributed by atoms with Gasteiger partial charge in [-0.05, 0) is 50.1 Å². The van der Waals surface area contributed by atoms with Gasteiger partial charge in [-0.3, -0.25) is 9.59 Å². The fourth-order valence-corrected chi connectivity index (χ4v) is 3.20. The summed E-state index contributed by atoms with van der Waals surface area (Å²) in [5, 5.41) is 2.93. The molecule has 0 radical (unpaired) electrons. The summed E-state index contributed by atoms with van der Waals surface area (Å²) in [6.45, 7) is 5.12. The number of hydrogen-bond donors (Lipinski definition) is 1. The van der Waals surface area contributed by atoms with Gasteiger partial charge in [0.05, 0.1) is 12.6 Å². The number of amides is 2. The van der Waals surface area contributed by atoms with E-state index in [1.807, 2.05) is 50.2 Å². The maximum Gasteiger partial charge on any atom is 0.258 e. The van der Waals surface area contributed by atoms with E-state index in [1.54, 1.807) is 17.0 Å². The number of carbonyl (C=O) groups excluding carboxylic acids is 2. The van der Waals surface area contributed by atoms with Gasteiger partial charge in [0.2, 0.25) is 5.91 Å². The molecule has 0 bridgehead atoms. The van der Waals surface area contributed by atoms with Gasteiger partial charge in [0.15, 0.2) is 6.61 Å². The van der Waals surface area contributed by atoms with Crippen molar-refractivity contribution in [3.05, 3.63) is 54.1 Å². The molecule has 6 heteroatoms. The monoisotopic (exact) mass is 382 g/mol. The second-order valence-electron chi connectivity index (χ2n) is 6.73. The summed E-state index contributed by atoms with van der Waals surface area (Å²) in [4.78, 5) is 25.9. The molecule has 28 heavy (non-hydrogen) atoms. The first kappa shape index (κ1) is 19.7. The molecular formula is C22H26N2O4. The van der Waals surface area contributed by atoms with Gasteiger partial charge in [-0.1, -0.05) is 18.2 Å². The molecule has 0 unspecified atom stereocenters. The minimum absolute atomic E-state index is 0.0846. The van der Waals surface area contributed by atoms with Gasteiger partial charge in [-0.15, -0.1) is 0 Å². The molecule has 1 saturated heterocycles. The molecule has 2 aromatic rings. The second-order valence-corrected chi connectivity index (χ2v) is 6.73. The standard InChI is InChI=1S/C22H26N2O4/c1-3-27-19-11-9-17(10-12-19)16(2)23-21(25)15-28-20-7-4-6-18(14-20)24-13-5-8-22(24)26/h4,6-7,9-12,14,16H,3,5,8,13,15H2,1-2H3,(H,23,25)/t16-/m0/s1. The molecule has 1 aliphatic heterocycles. The summed E-state index contributed by atoms with van der Waals surface area (Å²) >= 11 is 0. The fourth-order valence-electron chi connectivity index (χ4n) is 3.20. The number of nitrogens with one attached hydrogen (secondary N) is 1. The quantitative estimate of drug-likeness (QED) is 0.759. The number of benzene rings is 2. The Balaban J connectivity index is 1.52. The van der Waals surface area contributed by atoms with Crippen LogP contribution in [0.5, 0.6) is 11.5 Å². The number of rotatable bonds is 8. The van der Waals surface area contributed by atoms with Gasteiger partial charge in [-0.25, -0.2) is 0 Å². The lowest BCUT2D eigenvalue weighted by Gasteiger charge is -2.17. The van der Waals surface area contributed by atoms with E-state index in [0.717, 1.165) is 30.0 Å². The van der Waals surface area contributed by atoms with Crippen molar-refractivity contribution in [1.29, 1.82) is 0 Å². The average molecular weight is 382 g/mol. The van der Waals surface area contributed by atoms with Crippen molar-refractivity contribution in [2.24, 2.45) is 0 Å². The molecule has 0 aromatic heterocycles. The van der Waals surface area contributed by atoms with Gasteiger partial charge in [-0.2, -0.15) is 0 Å². The summed E-state index contributed by atoms with van der Waals surface area (Å²) in [5.41, 5.74) is 1.80. The minimum atomic E-state index is -0.205. The van der Waals surface area contributed by atoms with Crippen LogP contribution in [0.15, 0.2) is 48.5 Å². The summed E-state index contributed by atoms with van der Waals surface area (Å²) in [6.07, 6.45) is 1.45. The maximum atomic E-state index is 12.2. The van der Waals surface area contributed by atoms with E-state index in [4.69, 9.17) is 9.47 Å². The van der Waals surface area contributed by atoms with Gasteiger partial charge in [0, 0.05) is 24.7 Å². The van der Waals surface area contributed by atoms with Crippen LogP contribution in [0.1, 0.15) is 38.3 Å². The van der Waals surface area contributed by atoms with Gasteiger partial charge >= 0.3 is 0 Å². The lowest BCUT2D eigenvalue weighted by molar-refractivity contribution is -0.123. The van der Waals surface area contributed by atoms with Gasteiger partial charge < -0.3 is 19.7 Å². The van der Waals surface area contributed by atoms with Crippen LogP contribution in [0.2, 0.25) is 0 Å². The molecule has 1 N–H and O–H groups in total. The topological polar surface area (TPSA) is 67.9 Å². The van der Waals surface area contributed by atoms with E-state index in [1.165, 1.54) is 0 Å². The first-order valence-corrected chi connectivity index (χ1v) is 9.62. The highest BCUT2D eigenvalue weighted by molar-refractivity contribution is 5.95. The lowest BCUT2D eigenvalue weighted by Crippen LogP contribution is -2.31. The molecule has 6 nitrogen and oxygen atoms in total. The molecule has 2 aromatic carbocycles. The van der Waals surface area contributed by atoms with E-state index >= 15 is 0 Å². The zero-order valence-corrected chi connectivity index (χ0v) is 16.3. The molecule has 1 heterocycles. The third-order valence-corrected chi connectivity index (χ3v) is 4.64. The van der Waals surface area contributed by atoms with E-state index in [0.29, 0.717) is 18.8 Å². The highest BCUT2D eigenvalue weighted by Crippen LogP contribution is 2.25. The smallest absolute Gasteiger partial charge is 0.258 e. The molecule has 0 saturated carbocycles. The van der Waals surface area contributed by atoms with Crippen molar-refractivity contribution < 1.29 is 19.1 Å². The molecule has 0 spiro atoms. The number of nitrogens with zero attached hydrogens (tertiary/aromatic N) is 1. The van der Waals surface area contributed by atoms with E-state index in [-0.39, 0.29) is 24.5 Å². The minimum Gasteiger partial charge on any atom is -0.494 e. The Hall–Kier alpha value is -3.02. The summed E-state index contributed by atoms with van der Waals surface area (Å²) in [5.74, 6) is 1.30. The fraction of sp³-hybridized carbons (Fsp3) is 0.364. The number of hydrogen-bond acceptors (Lipinski definition) is 4. The van der Waals surface area contributed by atoms with Crippen LogP contribution >= 0.6 is 0 Å². The summed E-state index contributed by atoms with van der Waals surface area (Å²) in [7, 11) is 0. The molecule has 2 amide bonds. The Bertz CT molecular complexity index is 820. The lowest BCUT2D eigenvalue weighted by atomic mass is 10.1. The van der Waals surface area contributed by atoms with Crippen LogP contribution in [-0.4, -0.2) is 31.6 Å². The van der Waals surface area contributed by atoms with Crippen LogP contribution in [-0.2, 0) is 9.59 Å². The highest BCUT2D eigenvalue weighted by atomic mass is 16.5. The number of anilines is 1. The highest BCUT2D eigenvalue weighted by Gasteiger charge is 2.21. The molecule has 3 rings (SSSR count). The molecule has 1 fully saturated rings. The third-order valence-electron chi connectivity index (χ3n) is 4.64. The Labute approximate surface area is 165 Å². The largest absolute Gasteiger partial charge is 0.494 e. The predicted molar refractivity (Wildman–Crippen MR) is 108 cm³/mol. The zero-order valence-electron chi connectivity index (χ0n) is 16.3. The van der Waals surface area contributed by atoms with Gasteiger partial charge in [0.25, 0.3) is 5.91 Å². The van der Waals surface area contributed by atoms with Crippen LogP contribution < -0.4 is 19.7 Å². The van der Waals surface area contributed by atoms with E-state index in [9.17, 15) is 9.59 Å². The van der Waals surface area contributed by atoms with Crippen molar-refractivity contribution in [3.63, 3.8) is 0 Å². The van der Waals surface area contributed by atoms with Crippen molar-refractivity contribution in [2.75, 3.05) is 24.7 Å². The SMILES string of the molecule is CCOc1ccc([C@H](C)NC(=O)COc2cccc(N3CCCC3=O)c2)cc1. The first-order valence-electron chi connectivity index (χ1n) is 9.62. The van der Waals surface area contributed by atoms with E-state index in [2.05, 4.69) is 5.32 Å². The van der Waals surface area contributed by atoms with Crippen LogP contribution in [0.4, 0.5) is 5.69 Å². The summed E-state index contributed by atoms with van der Waals surface area (Å²) < 4.78 is 11.1. The van der Waals surface area contributed by atoms with Crippen LogP contribution in [0.3, 0.4) is 0 Å².